The normalized spacial score (nSPS) is 11.9. The molecule has 0 radical (unpaired) electrons. The predicted molar refractivity (Wildman–Crippen MR) is 112 cm³/mol. The maximum atomic E-state index is 12.2. The molecule has 3 N–H and O–H groups in total. The summed E-state index contributed by atoms with van der Waals surface area (Å²) in [6.45, 7) is 4.38. The van der Waals surface area contributed by atoms with Gasteiger partial charge in [-0.05, 0) is 49.1 Å². The third-order valence-electron chi connectivity index (χ3n) is 4.88. The van der Waals surface area contributed by atoms with Gasteiger partial charge in [0.05, 0.1) is 6.61 Å². The Balaban J connectivity index is 1.51. The molecule has 3 rings (SSSR count). The quantitative estimate of drug-likeness (QED) is 0.482. The van der Waals surface area contributed by atoms with E-state index in [1.54, 1.807) is 6.20 Å². The minimum Gasteiger partial charge on any atom is -0.493 e. The topological polar surface area (TPSA) is 91.4 Å². The van der Waals surface area contributed by atoms with Crippen molar-refractivity contribution >= 4 is 22.8 Å². The van der Waals surface area contributed by atoms with E-state index in [9.17, 15) is 14.7 Å². The first-order valence-corrected chi connectivity index (χ1v) is 9.71. The van der Waals surface area contributed by atoms with E-state index in [2.05, 4.69) is 10.3 Å². The molecule has 0 bridgehead atoms. The van der Waals surface area contributed by atoms with E-state index >= 15 is 0 Å². The molecule has 1 amide bonds. The van der Waals surface area contributed by atoms with Crippen LogP contribution in [-0.2, 0) is 16.0 Å². The van der Waals surface area contributed by atoms with Crippen LogP contribution >= 0.6 is 0 Å². The van der Waals surface area contributed by atoms with Crippen LogP contribution in [0.1, 0.15) is 29.5 Å². The van der Waals surface area contributed by atoms with Gasteiger partial charge in [-0.3, -0.25) is 4.79 Å². The number of benzene rings is 2. The third-order valence-corrected chi connectivity index (χ3v) is 4.88. The third kappa shape index (κ3) is 5.38. The van der Waals surface area contributed by atoms with Crippen LogP contribution in [-0.4, -0.2) is 34.6 Å². The van der Waals surface area contributed by atoms with Crippen LogP contribution in [0.4, 0.5) is 0 Å². The highest BCUT2D eigenvalue weighted by atomic mass is 16.5. The molecule has 29 heavy (non-hydrogen) atoms. The van der Waals surface area contributed by atoms with Crippen LogP contribution in [0, 0.1) is 13.8 Å². The molecule has 2 aromatic carbocycles. The highest BCUT2D eigenvalue weighted by Crippen LogP contribution is 2.20. The van der Waals surface area contributed by atoms with Crippen molar-refractivity contribution in [3.8, 4) is 5.75 Å². The standard InChI is InChI=1S/C23H26N2O4/c1-15-9-10-16(2)21(12-15)29-11-5-8-22(26)25-20(23(27)28)13-17-14-24-19-7-4-3-6-18(17)19/h3-4,6-7,9-10,12,14,20,24H,5,8,11,13H2,1-2H3,(H,25,26)(H,27,28). The maximum Gasteiger partial charge on any atom is 0.326 e. The first-order valence-electron chi connectivity index (χ1n) is 9.71. The monoisotopic (exact) mass is 394 g/mol. The van der Waals surface area contributed by atoms with Crippen molar-refractivity contribution in [2.75, 3.05) is 6.61 Å². The van der Waals surface area contributed by atoms with Gasteiger partial charge in [-0.15, -0.1) is 0 Å². The summed E-state index contributed by atoms with van der Waals surface area (Å²) in [6, 6.07) is 12.7. The lowest BCUT2D eigenvalue weighted by Gasteiger charge is -2.15. The molecule has 6 nitrogen and oxygen atoms in total. The fraction of sp³-hybridized carbons (Fsp3) is 0.304. The second-order valence-electron chi connectivity index (χ2n) is 7.24. The lowest BCUT2D eigenvalue weighted by molar-refractivity contribution is -0.141. The second kappa shape index (κ2) is 9.28. The van der Waals surface area contributed by atoms with Crippen LogP contribution in [0.15, 0.2) is 48.7 Å². The number of hydrogen-bond donors (Lipinski definition) is 3. The van der Waals surface area contributed by atoms with Gasteiger partial charge in [-0.1, -0.05) is 30.3 Å². The Hall–Kier alpha value is -3.28. The van der Waals surface area contributed by atoms with Crippen molar-refractivity contribution in [1.29, 1.82) is 0 Å². The van der Waals surface area contributed by atoms with E-state index in [1.807, 2.05) is 56.3 Å². The van der Waals surface area contributed by atoms with Crippen LogP contribution in [0.25, 0.3) is 10.9 Å². The molecular weight excluding hydrogens is 368 g/mol. The average molecular weight is 394 g/mol. The van der Waals surface area contributed by atoms with Gasteiger partial charge in [-0.2, -0.15) is 0 Å². The SMILES string of the molecule is Cc1ccc(C)c(OCCCC(=O)NC(Cc2c[nH]c3ccccc23)C(=O)O)c1. The number of aryl methyl sites for hydroxylation is 2. The van der Waals surface area contributed by atoms with Crippen LogP contribution < -0.4 is 10.1 Å². The van der Waals surface area contributed by atoms with Gasteiger partial charge in [0.2, 0.25) is 5.91 Å². The van der Waals surface area contributed by atoms with Gasteiger partial charge >= 0.3 is 5.97 Å². The van der Waals surface area contributed by atoms with Gasteiger partial charge < -0.3 is 20.1 Å². The molecule has 6 heteroatoms. The fourth-order valence-electron chi connectivity index (χ4n) is 3.26. The Labute approximate surface area is 169 Å². The van der Waals surface area contributed by atoms with Gasteiger partial charge in [0, 0.05) is 29.9 Å². The van der Waals surface area contributed by atoms with Gasteiger partial charge in [0.15, 0.2) is 0 Å². The average Bonchev–Trinajstić information content (AvgIpc) is 3.10. The molecule has 1 aromatic heterocycles. The first kappa shape index (κ1) is 20.5. The summed E-state index contributed by atoms with van der Waals surface area (Å²) < 4.78 is 5.75. The predicted octanol–water partition coefficient (Wildman–Crippen LogP) is 3.76. The summed E-state index contributed by atoms with van der Waals surface area (Å²) in [7, 11) is 0. The molecular formula is C23H26N2O4. The molecule has 1 atom stereocenters. The molecule has 0 aliphatic rings. The van der Waals surface area contributed by atoms with Crippen LogP contribution in [0.2, 0.25) is 0 Å². The summed E-state index contributed by atoms with van der Waals surface area (Å²) in [5, 5.41) is 13.1. The highest BCUT2D eigenvalue weighted by molar-refractivity contribution is 5.86. The van der Waals surface area contributed by atoms with Crippen molar-refractivity contribution in [3.63, 3.8) is 0 Å². The number of para-hydroxylation sites is 1. The molecule has 0 fully saturated rings. The number of nitrogens with one attached hydrogen (secondary N) is 2. The summed E-state index contributed by atoms with van der Waals surface area (Å²) in [5.41, 5.74) is 3.97. The van der Waals surface area contributed by atoms with E-state index in [-0.39, 0.29) is 18.7 Å². The zero-order valence-electron chi connectivity index (χ0n) is 16.7. The number of hydrogen-bond acceptors (Lipinski definition) is 3. The molecule has 0 aliphatic heterocycles. The van der Waals surface area contributed by atoms with Crippen LogP contribution in [0.3, 0.4) is 0 Å². The van der Waals surface area contributed by atoms with E-state index in [0.717, 1.165) is 33.3 Å². The zero-order valence-corrected chi connectivity index (χ0v) is 16.7. The first-order chi connectivity index (χ1) is 13.9. The minimum atomic E-state index is -1.05. The Morgan fingerprint density at radius 1 is 1.17 bits per heavy atom. The summed E-state index contributed by atoms with van der Waals surface area (Å²) >= 11 is 0. The Bertz CT molecular complexity index is 1010. The van der Waals surface area contributed by atoms with Gasteiger partial charge in [-0.25, -0.2) is 4.79 Å². The van der Waals surface area contributed by atoms with Crippen molar-refractivity contribution in [2.24, 2.45) is 0 Å². The number of carbonyl (C=O) groups excluding carboxylic acids is 1. The van der Waals surface area contributed by atoms with Gasteiger partial charge in [0.1, 0.15) is 11.8 Å². The molecule has 1 unspecified atom stereocenters. The summed E-state index contributed by atoms with van der Waals surface area (Å²) in [6.07, 6.45) is 2.75. The van der Waals surface area contributed by atoms with Gasteiger partial charge in [0.25, 0.3) is 0 Å². The molecule has 0 aliphatic carbocycles. The number of aliphatic carboxylic acids is 1. The number of H-pyrrole nitrogens is 1. The lowest BCUT2D eigenvalue weighted by atomic mass is 10.0. The maximum absolute atomic E-state index is 12.2. The number of carboxylic acid groups (broad SMARTS) is 1. The number of aromatic nitrogens is 1. The van der Waals surface area contributed by atoms with Crippen molar-refractivity contribution in [3.05, 3.63) is 65.4 Å². The lowest BCUT2D eigenvalue weighted by Crippen LogP contribution is -2.42. The van der Waals surface area contributed by atoms with Crippen molar-refractivity contribution in [2.45, 2.75) is 39.2 Å². The number of fused-ring (bicyclic) bond motifs is 1. The molecule has 0 spiro atoms. The Kier molecular flexibility index (Phi) is 6.54. The summed E-state index contributed by atoms with van der Waals surface area (Å²) in [5.74, 6) is -0.523. The van der Waals surface area contributed by atoms with E-state index < -0.39 is 12.0 Å². The zero-order chi connectivity index (χ0) is 20.8. The van der Waals surface area contributed by atoms with Crippen LogP contribution in [0.5, 0.6) is 5.75 Å². The number of carboxylic acids is 1. The molecule has 0 saturated carbocycles. The smallest absolute Gasteiger partial charge is 0.326 e. The number of aromatic amines is 1. The number of rotatable bonds is 9. The molecule has 152 valence electrons. The Morgan fingerprint density at radius 3 is 2.76 bits per heavy atom. The van der Waals surface area contributed by atoms with E-state index in [4.69, 9.17) is 4.74 Å². The van der Waals surface area contributed by atoms with E-state index in [0.29, 0.717) is 13.0 Å². The fourth-order valence-corrected chi connectivity index (χ4v) is 3.26. The van der Waals surface area contributed by atoms with Crippen molar-refractivity contribution in [1.82, 2.24) is 10.3 Å². The number of carbonyl (C=O) groups is 2. The molecule has 1 heterocycles. The largest absolute Gasteiger partial charge is 0.493 e. The van der Waals surface area contributed by atoms with Crippen molar-refractivity contribution < 1.29 is 19.4 Å². The molecule has 3 aromatic rings. The van der Waals surface area contributed by atoms with E-state index in [1.165, 1.54) is 0 Å². The number of ether oxygens (including phenoxy) is 1. The Morgan fingerprint density at radius 2 is 1.97 bits per heavy atom. The summed E-state index contributed by atoms with van der Waals surface area (Å²) in [4.78, 5) is 27.0. The number of amides is 1. The second-order valence-corrected chi connectivity index (χ2v) is 7.24. The molecule has 0 saturated heterocycles. The minimum absolute atomic E-state index is 0.211. The highest BCUT2D eigenvalue weighted by Gasteiger charge is 2.21.